The summed E-state index contributed by atoms with van der Waals surface area (Å²) in [4.78, 5) is 11.0. The Morgan fingerprint density at radius 2 is 2.17 bits per heavy atom. The van der Waals surface area contributed by atoms with Gasteiger partial charge in [-0.05, 0) is 23.3 Å². The van der Waals surface area contributed by atoms with Crippen LogP contribution in [0.5, 0.6) is 0 Å². The van der Waals surface area contributed by atoms with Gasteiger partial charge >= 0.3 is 0 Å². The molecule has 0 aliphatic carbocycles. The average molecular weight is 226 g/mol. The van der Waals surface area contributed by atoms with E-state index in [-0.39, 0.29) is 5.91 Å². The maximum absolute atomic E-state index is 11.0. The summed E-state index contributed by atoms with van der Waals surface area (Å²) in [5.74, 6) is 0.116. The minimum atomic E-state index is 0.116. The van der Waals surface area contributed by atoms with Gasteiger partial charge in [-0.15, -0.1) is 0 Å². The van der Waals surface area contributed by atoms with E-state index in [1.54, 1.807) is 0 Å². The van der Waals surface area contributed by atoms with Gasteiger partial charge in [-0.1, -0.05) is 22.0 Å². The number of nitrogens with one attached hydrogen (secondary N) is 1. The maximum Gasteiger partial charge on any atom is 0.224 e. The normalized spacial score (nSPS) is 15.2. The molecule has 1 aromatic rings. The Labute approximate surface area is 79.1 Å². The molecule has 1 heterocycles. The van der Waals surface area contributed by atoms with Crippen molar-refractivity contribution in [3.8, 4) is 0 Å². The van der Waals surface area contributed by atoms with Crippen LogP contribution in [0.1, 0.15) is 11.1 Å². The quantitative estimate of drug-likeness (QED) is 0.715. The first-order valence-electron chi connectivity index (χ1n) is 3.80. The van der Waals surface area contributed by atoms with E-state index in [0.29, 0.717) is 13.0 Å². The third-order valence-corrected chi connectivity index (χ3v) is 2.49. The lowest BCUT2D eigenvalue weighted by Crippen LogP contribution is -2.30. The van der Waals surface area contributed by atoms with Crippen LogP contribution in [0, 0.1) is 0 Å². The molecule has 12 heavy (non-hydrogen) atoms. The van der Waals surface area contributed by atoms with Crippen LogP contribution in [0.3, 0.4) is 0 Å². The number of fused-ring (bicyclic) bond motifs is 1. The summed E-state index contributed by atoms with van der Waals surface area (Å²) in [6, 6.07) is 6.02. The van der Waals surface area contributed by atoms with E-state index in [9.17, 15) is 4.79 Å². The van der Waals surface area contributed by atoms with Crippen molar-refractivity contribution in [1.29, 1.82) is 0 Å². The molecule has 1 aliphatic rings. The van der Waals surface area contributed by atoms with Crippen molar-refractivity contribution in [2.75, 3.05) is 0 Å². The zero-order chi connectivity index (χ0) is 8.55. The van der Waals surface area contributed by atoms with Gasteiger partial charge < -0.3 is 5.32 Å². The Bertz CT molecular complexity index is 335. The predicted octanol–water partition coefficient (Wildman–Crippen LogP) is 1.62. The number of rotatable bonds is 0. The number of amides is 1. The van der Waals surface area contributed by atoms with Crippen LogP contribution in [-0.4, -0.2) is 5.91 Å². The summed E-state index contributed by atoms with van der Waals surface area (Å²) in [7, 11) is 0. The number of carbonyl (C=O) groups excluding carboxylic acids is 1. The lowest BCUT2D eigenvalue weighted by molar-refractivity contribution is -0.121. The Balaban J connectivity index is 2.43. The van der Waals surface area contributed by atoms with Crippen LogP contribution < -0.4 is 5.32 Å². The predicted molar refractivity (Wildman–Crippen MR) is 49.7 cm³/mol. The van der Waals surface area contributed by atoms with E-state index >= 15 is 0 Å². The van der Waals surface area contributed by atoms with Crippen LogP contribution in [0.15, 0.2) is 22.7 Å². The molecule has 0 saturated carbocycles. The summed E-state index contributed by atoms with van der Waals surface area (Å²) in [5, 5.41) is 2.81. The van der Waals surface area contributed by atoms with Gasteiger partial charge in [0.05, 0.1) is 6.42 Å². The highest BCUT2D eigenvalue weighted by Gasteiger charge is 2.13. The Hall–Kier alpha value is -0.830. The molecule has 1 amide bonds. The minimum absolute atomic E-state index is 0.116. The molecule has 0 fully saturated rings. The van der Waals surface area contributed by atoms with Crippen LogP contribution >= 0.6 is 15.9 Å². The molecule has 0 aromatic heterocycles. The SMILES string of the molecule is O=C1Cc2ccc(Br)cc2CN1. The van der Waals surface area contributed by atoms with Crippen molar-refractivity contribution in [3.05, 3.63) is 33.8 Å². The van der Waals surface area contributed by atoms with Crippen molar-refractivity contribution in [3.63, 3.8) is 0 Å². The van der Waals surface area contributed by atoms with Crippen LogP contribution in [0.2, 0.25) is 0 Å². The van der Waals surface area contributed by atoms with Crippen LogP contribution in [-0.2, 0) is 17.8 Å². The number of hydrogen-bond acceptors (Lipinski definition) is 1. The highest BCUT2D eigenvalue weighted by atomic mass is 79.9. The molecule has 0 atom stereocenters. The summed E-state index contributed by atoms with van der Waals surface area (Å²) < 4.78 is 1.07. The molecular weight excluding hydrogens is 218 g/mol. The van der Waals surface area contributed by atoms with Crippen molar-refractivity contribution >= 4 is 21.8 Å². The number of benzene rings is 1. The van der Waals surface area contributed by atoms with Gasteiger partial charge in [0.1, 0.15) is 0 Å². The molecule has 2 rings (SSSR count). The van der Waals surface area contributed by atoms with E-state index in [1.165, 1.54) is 5.56 Å². The van der Waals surface area contributed by atoms with E-state index in [2.05, 4.69) is 27.3 Å². The fourth-order valence-electron chi connectivity index (χ4n) is 1.36. The van der Waals surface area contributed by atoms with Gasteiger partial charge in [-0.25, -0.2) is 0 Å². The van der Waals surface area contributed by atoms with E-state index < -0.39 is 0 Å². The second kappa shape index (κ2) is 2.90. The van der Waals surface area contributed by atoms with Gasteiger partial charge in [-0.3, -0.25) is 4.79 Å². The van der Waals surface area contributed by atoms with Crippen molar-refractivity contribution in [2.24, 2.45) is 0 Å². The zero-order valence-corrected chi connectivity index (χ0v) is 8.02. The first-order valence-corrected chi connectivity index (χ1v) is 4.59. The van der Waals surface area contributed by atoms with Gasteiger partial charge in [0.2, 0.25) is 5.91 Å². The maximum atomic E-state index is 11.0. The molecule has 0 bridgehead atoms. The third-order valence-electron chi connectivity index (χ3n) is 2.00. The lowest BCUT2D eigenvalue weighted by Gasteiger charge is -2.16. The topological polar surface area (TPSA) is 29.1 Å². The number of halogens is 1. The molecule has 0 radical (unpaired) electrons. The summed E-state index contributed by atoms with van der Waals surface area (Å²) in [6.07, 6.45) is 0.516. The van der Waals surface area contributed by atoms with Crippen molar-refractivity contribution < 1.29 is 4.79 Å². The Morgan fingerprint density at radius 3 is 3.00 bits per heavy atom. The van der Waals surface area contributed by atoms with Crippen LogP contribution in [0.25, 0.3) is 0 Å². The van der Waals surface area contributed by atoms with Gasteiger partial charge in [0.25, 0.3) is 0 Å². The fourth-order valence-corrected chi connectivity index (χ4v) is 1.77. The molecule has 3 heteroatoms. The number of carbonyl (C=O) groups is 1. The molecular formula is C9H8BrNO. The minimum Gasteiger partial charge on any atom is -0.352 e. The average Bonchev–Trinajstić information content (AvgIpc) is 2.05. The van der Waals surface area contributed by atoms with Crippen molar-refractivity contribution in [1.82, 2.24) is 5.32 Å². The first-order chi connectivity index (χ1) is 5.75. The smallest absolute Gasteiger partial charge is 0.224 e. The standard InChI is InChI=1S/C9H8BrNO/c10-8-2-1-6-4-9(12)11-5-7(6)3-8/h1-3H,4-5H2,(H,11,12). The van der Waals surface area contributed by atoms with E-state index in [4.69, 9.17) is 0 Å². The molecule has 0 unspecified atom stereocenters. The molecule has 0 spiro atoms. The van der Waals surface area contributed by atoms with Gasteiger partial charge in [0.15, 0.2) is 0 Å². The Morgan fingerprint density at radius 1 is 1.33 bits per heavy atom. The molecule has 1 aromatic carbocycles. The molecule has 0 saturated heterocycles. The molecule has 2 nitrogen and oxygen atoms in total. The second-order valence-corrected chi connectivity index (χ2v) is 3.78. The lowest BCUT2D eigenvalue weighted by atomic mass is 10.0. The Kier molecular flexibility index (Phi) is 1.89. The van der Waals surface area contributed by atoms with Gasteiger partial charge in [-0.2, -0.15) is 0 Å². The van der Waals surface area contributed by atoms with Gasteiger partial charge in [0, 0.05) is 11.0 Å². The second-order valence-electron chi connectivity index (χ2n) is 2.87. The summed E-state index contributed by atoms with van der Waals surface area (Å²) >= 11 is 3.39. The monoisotopic (exact) mass is 225 g/mol. The molecule has 1 N–H and O–H groups in total. The highest BCUT2D eigenvalue weighted by molar-refractivity contribution is 9.10. The third kappa shape index (κ3) is 1.37. The number of hydrogen-bond donors (Lipinski definition) is 1. The van der Waals surface area contributed by atoms with Crippen molar-refractivity contribution in [2.45, 2.75) is 13.0 Å². The highest BCUT2D eigenvalue weighted by Crippen LogP contribution is 2.19. The largest absolute Gasteiger partial charge is 0.352 e. The molecule has 62 valence electrons. The zero-order valence-electron chi connectivity index (χ0n) is 6.43. The van der Waals surface area contributed by atoms with E-state index in [0.717, 1.165) is 10.0 Å². The molecule has 1 aliphatic heterocycles. The van der Waals surface area contributed by atoms with Crippen LogP contribution in [0.4, 0.5) is 0 Å². The summed E-state index contributed by atoms with van der Waals surface area (Å²) in [6.45, 7) is 0.660. The fraction of sp³-hybridized carbons (Fsp3) is 0.222. The first kappa shape index (κ1) is 7.80. The van der Waals surface area contributed by atoms with E-state index in [1.807, 2.05) is 12.1 Å². The summed E-state index contributed by atoms with van der Waals surface area (Å²) in [5.41, 5.74) is 2.35.